The highest BCUT2D eigenvalue weighted by Gasteiger charge is 2.11. The molecule has 1 aromatic carbocycles. The summed E-state index contributed by atoms with van der Waals surface area (Å²) in [6, 6.07) is 6.61. The van der Waals surface area contributed by atoms with Crippen molar-refractivity contribution >= 4 is 0 Å². The van der Waals surface area contributed by atoms with Gasteiger partial charge in [0.2, 0.25) is 0 Å². The average Bonchev–Trinajstić information content (AvgIpc) is 2.60. The molecule has 2 N–H and O–H groups in total. The molecule has 3 nitrogen and oxygen atoms in total. The number of aryl methyl sites for hydroxylation is 1. The van der Waals surface area contributed by atoms with Gasteiger partial charge < -0.3 is 5.73 Å². The molecule has 0 saturated heterocycles. The second-order valence-corrected chi connectivity index (χ2v) is 4.46. The minimum Gasteiger partial charge on any atom is -0.329 e. The molecule has 0 atom stereocenters. The Labute approximate surface area is 106 Å². The highest BCUT2D eigenvalue weighted by atomic mass is 19.1. The first-order valence-electron chi connectivity index (χ1n) is 6.09. The van der Waals surface area contributed by atoms with E-state index in [1.165, 1.54) is 17.7 Å². The van der Waals surface area contributed by atoms with Gasteiger partial charge in [0, 0.05) is 24.2 Å². The molecule has 96 valence electrons. The quantitative estimate of drug-likeness (QED) is 0.900. The molecule has 0 aliphatic heterocycles. The third-order valence-electron chi connectivity index (χ3n) is 3.17. The molecule has 0 radical (unpaired) electrons. The van der Waals surface area contributed by atoms with Crippen molar-refractivity contribution in [2.24, 2.45) is 5.73 Å². The first-order valence-corrected chi connectivity index (χ1v) is 6.09. The monoisotopic (exact) mass is 247 g/mol. The van der Waals surface area contributed by atoms with Crippen molar-refractivity contribution in [3.05, 3.63) is 52.6 Å². The van der Waals surface area contributed by atoms with Crippen LogP contribution in [0.25, 0.3) is 0 Å². The summed E-state index contributed by atoms with van der Waals surface area (Å²) in [7, 11) is 0. The van der Waals surface area contributed by atoms with Crippen LogP contribution in [0.4, 0.5) is 4.39 Å². The zero-order chi connectivity index (χ0) is 13.1. The van der Waals surface area contributed by atoms with E-state index < -0.39 is 0 Å². The third-order valence-corrected chi connectivity index (χ3v) is 3.17. The van der Waals surface area contributed by atoms with Crippen molar-refractivity contribution < 1.29 is 4.39 Å². The van der Waals surface area contributed by atoms with Crippen LogP contribution in [0, 0.1) is 19.7 Å². The van der Waals surface area contributed by atoms with E-state index in [-0.39, 0.29) is 5.82 Å². The van der Waals surface area contributed by atoms with Crippen LogP contribution in [-0.4, -0.2) is 16.3 Å². The second kappa shape index (κ2) is 5.31. The van der Waals surface area contributed by atoms with Crippen LogP contribution >= 0.6 is 0 Å². The normalized spacial score (nSPS) is 10.9. The molecule has 1 heterocycles. The fraction of sp³-hybridized carbons (Fsp3) is 0.357. The molecular formula is C14H18FN3. The van der Waals surface area contributed by atoms with Crippen molar-refractivity contribution in [2.75, 3.05) is 6.54 Å². The summed E-state index contributed by atoms with van der Waals surface area (Å²) >= 11 is 0. The second-order valence-electron chi connectivity index (χ2n) is 4.46. The Hall–Kier alpha value is -1.68. The zero-order valence-electron chi connectivity index (χ0n) is 10.8. The minimum absolute atomic E-state index is 0.203. The van der Waals surface area contributed by atoms with E-state index in [9.17, 15) is 4.39 Å². The van der Waals surface area contributed by atoms with E-state index >= 15 is 0 Å². The molecule has 0 fully saturated rings. The van der Waals surface area contributed by atoms with Crippen LogP contribution in [0.15, 0.2) is 24.3 Å². The van der Waals surface area contributed by atoms with Crippen molar-refractivity contribution in [3.8, 4) is 0 Å². The van der Waals surface area contributed by atoms with Crippen molar-refractivity contribution in [1.82, 2.24) is 9.78 Å². The summed E-state index contributed by atoms with van der Waals surface area (Å²) in [6.45, 7) is 5.36. The van der Waals surface area contributed by atoms with Gasteiger partial charge in [-0.1, -0.05) is 12.1 Å². The molecule has 1 aromatic heterocycles. The van der Waals surface area contributed by atoms with Crippen molar-refractivity contribution in [3.63, 3.8) is 0 Å². The molecular weight excluding hydrogens is 229 g/mol. The number of hydrogen-bond donors (Lipinski definition) is 1. The summed E-state index contributed by atoms with van der Waals surface area (Å²) in [4.78, 5) is 0. The third kappa shape index (κ3) is 2.59. The number of nitrogens with zero attached hydrogens (tertiary/aromatic N) is 2. The predicted octanol–water partition coefficient (Wildman–Crippen LogP) is 2.19. The first kappa shape index (κ1) is 12.8. The van der Waals surface area contributed by atoms with Gasteiger partial charge in [0.05, 0.1) is 12.2 Å². The van der Waals surface area contributed by atoms with Gasteiger partial charge in [-0.25, -0.2) is 4.39 Å². The lowest BCUT2D eigenvalue weighted by atomic mass is 10.0. The highest BCUT2D eigenvalue weighted by Crippen LogP contribution is 2.18. The van der Waals surface area contributed by atoms with E-state index in [2.05, 4.69) is 12.0 Å². The van der Waals surface area contributed by atoms with E-state index in [1.807, 2.05) is 23.7 Å². The topological polar surface area (TPSA) is 43.8 Å². The number of nitrogens with two attached hydrogens (primary N) is 1. The Morgan fingerprint density at radius 2 is 1.89 bits per heavy atom. The highest BCUT2D eigenvalue weighted by molar-refractivity contribution is 5.31. The lowest BCUT2D eigenvalue weighted by Crippen LogP contribution is -2.12. The van der Waals surface area contributed by atoms with E-state index in [0.717, 1.165) is 29.9 Å². The smallest absolute Gasteiger partial charge is 0.123 e. The maximum Gasteiger partial charge on any atom is 0.123 e. The SMILES string of the molecule is Cc1nn(CCN)c(C)c1Cc1ccc(F)cc1. The van der Waals surface area contributed by atoms with Gasteiger partial charge in [-0.05, 0) is 31.5 Å². The van der Waals surface area contributed by atoms with Crippen LogP contribution in [0.3, 0.4) is 0 Å². The summed E-state index contributed by atoms with van der Waals surface area (Å²) < 4.78 is 14.8. The summed E-state index contributed by atoms with van der Waals surface area (Å²) in [5.41, 5.74) is 10.0. The molecule has 4 heteroatoms. The van der Waals surface area contributed by atoms with Crippen LogP contribution in [0.1, 0.15) is 22.5 Å². The summed E-state index contributed by atoms with van der Waals surface area (Å²) in [6.07, 6.45) is 0.780. The van der Waals surface area contributed by atoms with Gasteiger partial charge in [0.25, 0.3) is 0 Å². The molecule has 0 unspecified atom stereocenters. The van der Waals surface area contributed by atoms with Crippen molar-refractivity contribution in [2.45, 2.75) is 26.8 Å². The molecule has 0 aliphatic carbocycles. The molecule has 0 amide bonds. The first-order chi connectivity index (χ1) is 8.61. The fourth-order valence-electron chi connectivity index (χ4n) is 2.14. The van der Waals surface area contributed by atoms with Gasteiger partial charge in [-0.3, -0.25) is 4.68 Å². The van der Waals surface area contributed by atoms with Gasteiger partial charge in [-0.2, -0.15) is 5.10 Å². The standard InChI is InChI=1S/C14H18FN3/c1-10-14(11(2)18(17-10)8-7-16)9-12-3-5-13(15)6-4-12/h3-6H,7-9,16H2,1-2H3. The van der Waals surface area contributed by atoms with E-state index in [1.54, 1.807) is 0 Å². The molecule has 2 aromatic rings. The number of benzene rings is 1. The lowest BCUT2D eigenvalue weighted by Gasteiger charge is -2.04. The Bertz CT molecular complexity index is 529. The fourth-order valence-corrected chi connectivity index (χ4v) is 2.14. The minimum atomic E-state index is -0.203. The van der Waals surface area contributed by atoms with Crippen LogP contribution in [0.2, 0.25) is 0 Å². The summed E-state index contributed by atoms with van der Waals surface area (Å²) in [5.74, 6) is -0.203. The zero-order valence-corrected chi connectivity index (χ0v) is 10.8. The molecule has 0 bridgehead atoms. The molecule has 2 rings (SSSR count). The Balaban J connectivity index is 2.26. The van der Waals surface area contributed by atoms with Gasteiger partial charge in [-0.15, -0.1) is 0 Å². The Morgan fingerprint density at radius 1 is 1.22 bits per heavy atom. The Kier molecular flexibility index (Phi) is 3.77. The van der Waals surface area contributed by atoms with Crippen LogP contribution in [-0.2, 0) is 13.0 Å². The van der Waals surface area contributed by atoms with Crippen molar-refractivity contribution in [1.29, 1.82) is 0 Å². The lowest BCUT2D eigenvalue weighted by molar-refractivity contribution is 0.603. The molecule has 0 spiro atoms. The number of hydrogen-bond acceptors (Lipinski definition) is 2. The van der Waals surface area contributed by atoms with Crippen LogP contribution < -0.4 is 5.73 Å². The van der Waals surface area contributed by atoms with Gasteiger partial charge >= 0.3 is 0 Å². The number of rotatable bonds is 4. The van der Waals surface area contributed by atoms with Gasteiger partial charge in [0.1, 0.15) is 5.82 Å². The largest absolute Gasteiger partial charge is 0.329 e. The maximum absolute atomic E-state index is 12.9. The molecule has 18 heavy (non-hydrogen) atoms. The van der Waals surface area contributed by atoms with Gasteiger partial charge in [0.15, 0.2) is 0 Å². The average molecular weight is 247 g/mol. The predicted molar refractivity (Wildman–Crippen MR) is 70.0 cm³/mol. The number of halogens is 1. The molecule has 0 saturated carbocycles. The maximum atomic E-state index is 12.9. The Morgan fingerprint density at radius 3 is 2.50 bits per heavy atom. The number of aromatic nitrogens is 2. The van der Waals surface area contributed by atoms with Crippen LogP contribution in [0.5, 0.6) is 0 Å². The van der Waals surface area contributed by atoms with E-state index in [0.29, 0.717) is 6.54 Å². The summed E-state index contributed by atoms with van der Waals surface area (Å²) in [5, 5.41) is 4.48. The van der Waals surface area contributed by atoms with E-state index in [4.69, 9.17) is 5.73 Å². The molecule has 0 aliphatic rings.